The van der Waals surface area contributed by atoms with Gasteiger partial charge in [0.1, 0.15) is 17.5 Å². The zero-order valence-electron chi connectivity index (χ0n) is 14.8. The molecule has 1 aromatic heterocycles. The van der Waals surface area contributed by atoms with Crippen LogP contribution in [0.15, 0.2) is 67.1 Å². The fourth-order valence-electron chi connectivity index (χ4n) is 3.57. The molecule has 138 valence electrons. The van der Waals surface area contributed by atoms with Crippen LogP contribution in [0.3, 0.4) is 0 Å². The lowest BCUT2D eigenvalue weighted by molar-refractivity contribution is 0.212. The molecule has 2 heterocycles. The van der Waals surface area contributed by atoms with Gasteiger partial charge in [0.05, 0.1) is 12.2 Å². The van der Waals surface area contributed by atoms with E-state index in [2.05, 4.69) is 19.8 Å². The summed E-state index contributed by atoms with van der Waals surface area (Å²) in [6.07, 6.45) is 5.13. The van der Waals surface area contributed by atoms with Crippen molar-refractivity contribution in [2.75, 3.05) is 31.1 Å². The van der Waals surface area contributed by atoms with Crippen molar-refractivity contribution in [2.24, 2.45) is 0 Å². The summed E-state index contributed by atoms with van der Waals surface area (Å²) in [5.74, 6) is 0.352. The number of hydrogen-bond acceptors (Lipinski definition) is 4. The van der Waals surface area contributed by atoms with Crippen LogP contribution in [-0.4, -0.2) is 41.0 Å². The van der Waals surface area contributed by atoms with Gasteiger partial charge in [-0.25, -0.2) is 13.8 Å². The van der Waals surface area contributed by atoms with Crippen LogP contribution >= 0.6 is 0 Å². The van der Waals surface area contributed by atoms with Crippen molar-refractivity contribution in [3.8, 4) is 0 Å². The Morgan fingerprint density at radius 2 is 1.30 bits per heavy atom. The molecule has 0 atom stereocenters. The van der Waals surface area contributed by atoms with E-state index >= 15 is 0 Å². The van der Waals surface area contributed by atoms with Gasteiger partial charge in [-0.2, -0.15) is 0 Å². The van der Waals surface area contributed by atoms with Crippen molar-refractivity contribution in [3.05, 3.63) is 89.9 Å². The summed E-state index contributed by atoms with van der Waals surface area (Å²) in [4.78, 5) is 13.1. The van der Waals surface area contributed by atoms with Gasteiger partial charge in [0, 0.05) is 38.6 Å². The van der Waals surface area contributed by atoms with Crippen LogP contribution in [0.2, 0.25) is 0 Å². The Balaban J connectivity index is 1.58. The van der Waals surface area contributed by atoms with Crippen molar-refractivity contribution < 1.29 is 8.78 Å². The predicted octanol–water partition coefficient (Wildman–Crippen LogP) is 3.67. The largest absolute Gasteiger partial charge is 0.353 e. The number of piperazine rings is 1. The number of anilines is 1. The summed E-state index contributed by atoms with van der Waals surface area (Å²) >= 11 is 0. The van der Waals surface area contributed by atoms with Gasteiger partial charge in [-0.05, 0) is 35.4 Å². The zero-order valence-corrected chi connectivity index (χ0v) is 14.8. The standard InChI is InChI=1S/C21H20F2N4/c22-18-5-1-16(2-6-18)21(17-3-7-19(23)8-4-17)27-13-11-26(12-14-27)20-15-24-9-10-25-20/h1-10,15,21H,11-14H2. The van der Waals surface area contributed by atoms with Crippen LogP contribution < -0.4 is 4.90 Å². The number of nitrogens with zero attached hydrogens (tertiary/aromatic N) is 4. The Morgan fingerprint density at radius 1 is 0.741 bits per heavy atom. The van der Waals surface area contributed by atoms with Gasteiger partial charge in [-0.3, -0.25) is 9.88 Å². The summed E-state index contributed by atoms with van der Waals surface area (Å²) in [7, 11) is 0. The molecule has 2 aromatic carbocycles. The molecule has 0 bridgehead atoms. The van der Waals surface area contributed by atoms with E-state index < -0.39 is 0 Å². The first-order valence-corrected chi connectivity index (χ1v) is 8.96. The van der Waals surface area contributed by atoms with Gasteiger partial charge < -0.3 is 4.90 Å². The molecule has 0 N–H and O–H groups in total. The Kier molecular flexibility index (Phi) is 5.07. The lowest BCUT2D eigenvalue weighted by Crippen LogP contribution is -2.48. The average molecular weight is 366 g/mol. The summed E-state index contributed by atoms with van der Waals surface area (Å²) in [5, 5.41) is 0. The van der Waals surface area contributed by atoms with E-state index in [9.17, 15) is 8.78 Å². The maximum atomic E-state index is 13.4. The number of halogens is 2. The maximum absolute atomic E-state index is 13.4. The minimum absolute atomic E-state index is 0.0461. The van der Waals surface area contributed by atoms with Gasteiger partial charge in [0.25, 0.3) is 0 Å². The second-order valence-electron chi connectivity index (χ2n) is 6.59. The molecule has 1 aliphatic heterocycles. The van der Waals surface area contributed by atoms with Crippen LogP contribution in [-0.2, 0) is 0 Å². The molecule has 6 heteroatoms. The van der Waals surface area contributed by atoms with Crippen LogP contribution in [0.4, 0.5) is 14.6 Å². The molecule has 4 nitrogen and oxygen atoms in total. The summed E-state index contributed by atoms with van der Waals surface area (Å²) in [6, 6.07) is 13.1. The Bertz CT molecular complexity index is 815. The van der Waals surface area contributed by atoms with Crippen molar-refractivity contribution in [1.82, 2.24) is 14.9 Å². The molecular weight excluding hydrogens is 346 g/mol. The minimum atomic E-state index is -0.260. The fourth-order valence-corrected chi connectivity index (χ4v) is 3.57. The molecule has 0 saturated carbocycles. The normalized spacial score (nSPS) is 15.3. The first-order chi connectivity index (χ1) is 13.2. The minimum Gasteiger partial charge on any atom is -0.353 e. The molecule has 1 fully saturated rings. The van der Waals surface area contributed by atoms with Gasteiger partial charge >= 0.3 is 0 Å². The van der Waals surface area contributed by atoms with E-state index in [1.807, 2.05) is 0 Å². The summed E-state index contributed by atoms with van der Waals surface area (Å²) in [6.45, 7) is 3.27. The van der Waals surface area contributed by atoms with Crippen molar-refractivity contribution >= 4 is 5.82 Å². The molecule has 27 heavy (non-hydrogen) atoms. The lowest BCUT2D eigenvalue weighted by atomic mass is 9.96. The second kappa shape index (κ2) is 7.80. The van der Waals surface area contributed by atoms with E-state index in [1.165, 1.54) is 24.3 Å². The summed E-state index contributed by atoms with van der Waals surface area (Å²) in [5.41, 5.74) is 1.99. The van der Waals surface area contributed by atoms with E-state index in [0.29, 0.717) is 0 Å². The van der Waals surface area contributed by atoms with E-state index in [0.717, 1.165) is 43.1 Å². The third-order valence-electron chi connectivity index (χ3n) is 4.92. The number of benzene rings is 2. The number of rotatable bonds is 4. The van der Waals surface area contributed by atoms with Crippen LogP contribution in [0.1, 0.15) is 17.2 Å². The monoisotopic (exact) mass is 366 g/mol. The van der Waals surface area contributed by atoms with Crippen molar-refractivity contribution in [2.45, 2.75) is 6.04 Å². The predicted molar refractivity (Wildman–Crippen MR) is 100 cm³/mol. The van der Waals surface area contributed by atoms with E-state index in [1.54, 1.807) is 42.9 Å². The highest BCUT2D eigenvalue weighted by Gasteiger charge is 2.27. The Hall–Kier alpha value is -2.86. The molecule has 1 aliphatic rings. The third-order valence-corrected chi connectivity index (χ3v) is 4.92. The van der Waals surface area contributed by atoms with Crippen LogP contribution in [0.25, 0.3) is 0 Å². The highest BCUT2D eigenvalue weighted by molar-refractivity contribution is 5.37. The Morgan fingerprint density at radius 3 is 1.78 bits per heavy atom. The van der Waals surface area contributed by atoms with E-state index in [4.69, 9.17) is 0 Å². The van der Waals surface area contributed by atoms with Crippen molar-refractivity contribution in [3.63, 3.8) is 0 Å². The highest BCUT2D eigenvalue weighted by atomic mass is 19.1. The zero-order chi connectivity index (χ0) is 18.6. The van der Waals surface area contributed by atoms with Gasteiger partial charge in [-0.1, -0.05) is 24.3 Å². The highest BCUT2D eigenvalue weighted by Crippen LogP contribution is 2.30. The molecule has 4 rings (SSSR count). The quantitative estimate of drug-likeness (QED) is 0.705. The topological polar surface area (TPSA) is 32.3 Å². The molecule has 0 amide bonds. The molecular formula is C21H20F2N4. The molecule has 3 aromatic rings. The van der Waals surface area contributed by atoms with Gasteiger partial charge in [0.2, 0.25) is 0 Å². The maximum Gasteiger partial charge on any atom is 0.147 e. The molecule has 0 radical (unpaired) electrons. The van der Waals surface area contributed by atoms with Gasteiger partial charge in [0.15, 0.2) is 0 Å². The molecule has 0 aliphatic carbocycles. The third kappa shape index (κ3) is 3.95. The lowest BCUT2D eigenvalue weighted by Gasteiger charge is -2.40. The molecule has 0 spiro atoms. The SMILES string of the molecule is Fc1ccc(C(c2ccc(F)cc2)N2CCN(c3cnccn3)CC2)cc1. The average Bonchev–Trinajstić information content (AvgIpc) is 2.72. The number of hydrogen-bond donors (Lipinski definition) is 0. The fraction of sp³-hybridized carbons (Fsp3) is 0.238. The second-order valence-corrected chi connectivity index (χ2v) is 6.59. The first kappa shape index (κ1) is 17.5. The van der Waals surface area contributed by atoms with Crippen LogP contribution in [0, 0.1) is 11.6 Å². The number of aromatic nitrogens is 2. The molecule has 1 saturated heterocycles. The Labute approximate surface area is 157 Å². The van der Waals surface area contributed by atoms with Crippen molar-refractivity contribution in [1.29, 1.82) is 0 Å². The first-order valence-electron chi connectivity index (χ1n) is 8.96. The summed E-state index contributed by atoms with van der Waals surface area (Å²) < 4.78 is 26.8. The van der Waals surface area contributed by atoms with E-state index in [-0.39, 0.29) is 17.7 Å². The smallest absolute Gasteiger partial charge is 0.147 e. The van der Waals surface area contributed by atoms with Crippen LogP contribution in [0.5, 0.6) is 0 Å². The molecule has 0 unspecified atom stereocenters. The van der Waals surface area contributed by atoms with Gasteiger partial charge in [-0.15, -0.1) is 0 Å².